The molecule has 5 heteroatoms. The smallest absolute Gasteiger partial charge is 0.261 e. The molecule has 1 aliphatic rings. The van der Waals surface area contributed by atoms with Gasteiger partial charge in [0.25, 0.3) is 10.0 Å². The van der Waals surface area contributed by atoms with E-state index in [1.54, 1.807) is 6.07 Å². The summed E-state index contributed by atoms with van der Waals surface area (Å²) in [4.78, 5) is 0.135. The zero-order valence-corrected chi connectivity index (χ0v) is 11.7. The Hall–Kier alpha value is -2.01. The Morgan fingerprint density at radius 1 is 0.950 bits per heavy atom. The number of phenols is 1. The van der Waals surface area contributed by atoms with Crippen LogP contribution in [0, 0.1) is 0 Å². The Labute approximate surface area is 118 Å². The Kier molecular flexibility index (Phi) is 3.14. The van der Waals surface area contributed by atoms with Gasteiger partial charge in [0.1, 0.15) is 5.75 Å². The summed E-state index contributed by atoms with van der Waals surface area (Å²) < 4.78 is 27.0. The lowest BCUT2D eigenvalue weighted by Gasteiger charge is -2.09. The number of hydrogen-bond donors (Lipinski definition) is 2. The molecule has 0 bridgehead atoms. The fourth-order valence-corrected chi connectivity index (χ4v) is 3.52. The fourth-order valence-electron chi connectivity index (χ4n) is 2.47. The highest BCUT2D eigenvalue weighted by atomic mass is 32.2. The maximum Gasteiger partial charge on any atom is 0.261 e. The van der Waals surface area contributed by atoms with Crippen LogP contribution in [-0.2, 0) is 22.9 Å². The van der Waals surface area contributed by atoms with Crippen molar-refractivity contribution in [2.75, 3.05) is 4.72 Å². The van der Waals surface area contributed by atoms with Gasteiger partial charge in [0.15, 0.2) is 0 Å². The largest absolute Gasteiger partial charge is 0.508 e. The molecule has 0 saturated heterocycles. The Morgan fingerprint density at radius 3 is 2.40 bits per heavy atom. The van der Waals surface area contributed by atoms with Gasteiger partial charge in [0, 0.05) is 5.69 Å². The summed E-state index contributed by atoms with van der Waals surface area (Å²) in [6.45, 7) is 0. The lowest BCUT2D eigenvalue weighted by molar-refractivity contribution is 0.475. The number of anilines is 1. The summed E-state index contributed by atoms with van der Waals surface area (Å²) >= 11 is 0. The van der Waals surface area contributed by atoms with Crippen LogP contribution >= 0.6 is 0 Å². The molecule has 3 rings (SSSR count). The summed E-state index contributed by atoms with van der Waals surface area (Å²) in [5.41, 5.74) is 3.10. The number of sulfonamides is 1. The van der Waals surface area contributed by atoms with Crippen LogP contribution in [-0.4, -0.2) is 13.5 Å². The topological polar surface area (TPSA) is 66.4 Å². The molecule has 0 aromatic heterocycles. The van der Waals surface area contributed by atoms with Crippen LogP contribution < -0.4 is 4.72 Å². The second-order valence-corrected chi connectivity index (χ2v) is 6.62. The van der Waals surface area contributed by atoms with Crippen LogP contribution in [0.5, 0.6) is 5.75 Å². The van der Waals surface area contributed by atoms with E-state index in [0.717, 1.165) is 19.3 Å². The predicted molar refractivity (Wildman–Crippen MR) is 77.4 cm³/mol. The van der Waals surface area contributed by atoms with Crippen LogP contribution in [0.3, 0.4) is 0 Å². The van der Waals surface area contributed by atoms with E-state index in [2.05, 4.69) is 4.72 Å². The van der Waals surface area contributed by atoms with Crippen molar-refractivity contribution in [1.29, 1.82) is 0 Å². The molecule has 0 unspecified atom stereocenters. The van der Waals surface area contributed by atoms with E-state index in [1.807, 2.05) is 12.1 Å². The Balaban J connectivity index is 1.88. The molecule has 0 radical (unpaired) electrons. The summed E-state index contributed by atoms with van der Waals surface area (Å²) in [5.74, 6) is 0.0430. The van der Waals surface area contributed by atoms with Crippen molar-refractivity contribution >= 4 is 15.7 Å². The molecule has 2 aromatic carbocycles. The lowest BCUT2D eigenvalue weighted by Crippen LogP contribution is -2.12. The van der Waals surface area contributed by atoms with Crippen molar-refractivity contribution in [1.82, 2.24) is 0 Å². The minimum absolute atomic E-state index is 0.0430. The monoisotopic (exact) mass is 289 g/mol. The first-order chi connectivity index (χ1) is 9.54. The molecule has 2 N–H and O–H groups in total. The Morgan fingerprint density at radius 2 is 1.65 bits per heavy atom. The minimum atomic E-state index is -3.61. The molecular weight excluding hydrogens is 274 g/mol. The molecule has 0 atom stereocenters. The molecular formula is C15H15NO3S. The molecule has 0 saturated carbocycles. The second-order valence-electron chi connectivity index (χ2n) is 4.94. The summed E-state index contributed by atoms with van der Waals surface area (Å²) in [6.07, 6.45) is 3.20. The molecule has 1 aliphatic carbocycles. The van der Waals surface area contributed by atoms with Crippen LogP contribution in [0.15, 0.2) is 47.4 Å². The lowest BCUT2D eigenvalue weighted by atomic mass is 10.1. The molecule has 0 aliphatic heterocycles. The molecule has 104 valence electrons. The maximum absolute atomic E-state index is 12.2. The summed E-state index contributed by atoms with van der Waals surface area (Å²) in [7, 11) is -3.61. The number of aryl methyl sites for hydroxylation is 2. The van der Waals surface area contributed by atoms with E-state index in [9.17, 15) is 13.5 Å². The zero-order valence-electron chi connectivity index (χ0n) is 10.8. The molecule has 20 heavy (non-hydrogen) atoms. The van der Waals surface area contributed by atoms with Crippen molar-refractivity contribution in [3.63, 3.8) is 0 Å². The van der Waals surface area contributed by atoms with Gasteiger partial charge >= 0.3 is 0 Å². The van der Waals surface area contributed by atoms with Gasteiger partial charge in [-0.15, -0.1) is 0 Å². The fraction of sp³-hybridized carbons (Fsp3) is 0.200. The number of nitrogens with one attached hydrogen (secondary N) is 1. The number of rotatable bonds is 3. The van der Waals surface area contributed by atoms with Gasteiger partial charge in [-0.25, -0.2) is 8.42 Å². The average molecular weight is 289 g/mol. The SMILES string of the molecule is O=S(=O)(Nc1ccc2c(c1)CCC2)c1ccc(O)cc1. The molecule has 0 amide bonds. The van der Waals surface area contributed by atoms with E-state index in [-0.39, 0.29) is 10.6 Å². The van der Waals surface area contributed by atoms with E-state index in [0.29, 0.717) is 5.69 Å². The van der Waals surface area contributed by atoms with Crippen LogP contribution in [0.2, 0.25) is 0 Å². The van der Waals surface area contributed by atoms with Gasteiger partial charge in [-0.1, -0.05) is 6.07 Å². The highest BCUT2D eigenvalue weighted by molar-refractivity contribution is 7.92. The van der Waals surface area contributed by atoms with E-state index in [1.165, 1.54) is 35.4 Å². The van der Waals surface area contributed by atoms with Crippen molar-refractivity contribution < 1.29 is 13.5 Å². The number of hydrogen-bond acceptors (Lipinski definition) is 3. The quantitative estimate of drug-likeness (QED) is 0.913. The van der Waals surface area contributed by atoms with E-state index < -0.39 is 10.0 Å². The van der Waals surface area contributed by atoms with Gasteiger partial charge in [-0.05, 0) is 66.8 Å². The molecule has 0 spiro atoms. The molecule has 2 aromatic rings. The van der Waals surface area contributed by atoms with Gasteiger partial charge in [-0.3, -0.25) is 4.72 Å². The average Bonchev–Trinajstić information content (AvgIpc) is 2.86. The van der Waals surface area contributed by atoms with Crippen molar-refractivity contribution in [3.8, 4) is 5.75 Å². The molecule has 0 heterocycles. The zero-order chi connectivity index (χ0) is 14.2. The summed E-state index contributed by atoms with van der Waals surface area (Å²) in [6, 6.07) is 11.2. The van der Waals surface area contributed by atoms with Gasteiger partial charge < -0.3 is 5.11 Å². The van der Waals surface area contributed by atoms with Crippen LogP contribution in [0.25, 0.3) is 0 Å². The normalized spacial score (nSPS) is 14.0. The van der Waals surface area contributed by atoms with Crippen LogP contribution in [0.4, 0.5) is 5.69 Å². The first-order valence-electron chi connectivity index (χ1n) is 6.48. The highest BCUT2D eigenvalue weighted by Crippen LogP contribution is 2.26. The van der Waals surface area contributed by atoms with Gasteiger partial charge in [0.05, 0.1) is 4.90 Å². The van der Waals surface area contributed by atoms with Gasteiger partial charge in [-0.2, -0.15) is 0 Å². The van der Waals surface area contributed by atoms with E-state index in [4.69, 9.17) is 0 Å². The minimum Gasteiger partial charge on any atom is -0.508 e. The van der Waals surface area contributed by atoms with Gasteiger partial charge in [0.2, 0.25) is 0 Å². The Bertz CT molecular complexity index is 736. The number of phenolic OH excluding ortho intramolecular Hbond substituents is 1. The van der Waals surface area contributed by atoms with Crippen molar-refractivity contribution in [2.24, 2.45) is 0 Å². The highest BCUT2D eigenvalue weighted by Gasteiger charge is 2.16. The maximum atomic E-state index is 12.2. The number of benzene rings is 2. The third-order valence-electron chi connectivity index (χ3n) is 3.50. The van der Waals surface area contributed by atoms with Crippen molar-refractivity contribution in [3.05, 3.63) is 53.6 Å². The summed E-state index contributed by atoms with van der Waals surface area (Å²) in [5, 5.41) is 9.20. The molecule has 0 fully saturated rings. The van der Waals surface area contributed by atoms with Crippen molar-refractivity contribution in [2.45, 2.75) is 24.2 Å². The third-order valence-corrected chi connectivity index (χ3v) is 4.89. The first-order valence-corrected chi connectivity index (χ1v) is 7.96. The first kappa shape index (κ1) is 13.0. The van der Waals surface area contributed by atoms with Crippen LogP contribution in [0.1, 0.15) is 17.5 Å². The predicted octanol–water partition coefficient (Wildman–Crippen LogP) is 2.68. The second kappa shape index (κ2) is 4.83. The third kappa shape index (κ3) is 2.49. The number of fused-ring (bicyclic) bond motifs is 1. The van der Waals surface area contributed by atoms with E-state index >= 15 is 0 Å². The molecule has 4 nitrogen and oxygen atoms in total. The standard InChI is InChI=1S/C15H15NO3S/c17-14-6-8-15(9-7-14)20(18,19)16-13-5-4-11-2-1-3-12(11)10-13/h4-10,16-17H,1-3H2. The number of aromatic hydroxyl groups is 1.